The monoisotopic (exact) mass is 663 g/mol. The van der Waals surface area contributed by atoms with Crippen molar-refractivity contribution in [3.8, 4) is 0 Å². The summed E-state index contributed by atoms with van der Waals surface area (Å²) in [5, 5.41) is 2.58. The molecule has 6 aromatic carbocycles. The predicted octanol–water partition coefficient (Wildman–Crippen LogP) is 13.3. The summed E-state index contributed by atoms with van der Waals surface area (Å²) in [4.78, 5) is 2.67. The minimum atomic E-state index is -0.163. The van der Waals surface area contributed by atoms with Gasteiger partial charge in [0.15, 0.2) is 0 Å². The zero-order chi connectivity index (χ0) is 35.7. The van der Waals surface area contributed by atoms with Crippen LogP contribution in [-0.4, -0.2) is 0 Å². The summed E-state index contributed by atoms with van der Waals surface area (Å²) >= 11 is 0. The van der Waals surface area contributed by atoms with E-state index in [2.05, 4.69) is 189 Å². The van der Waals surface area contributed by atoms with Gasteiger partial charge in [0.2, 0.25) is 0 Å². The summed E-state index contributed by atoms with van der Waals surface area (Å²) in [5.41, 5.74) is 19.1. The first kappa shape index (κ1) is 32.1. The van der Waals surface area contributed by atoms with E-state index in [0.29, 0.717) is 0 Å². The number of hydrogen-bond acceptors (Lipinski definition) is 1. The highest BCUT2D eigenvalue weighted by atomic mass is 15.2. The Kier molecular flexibility index (Phi) is 6.65. The fourth-order valence-electron chi connectivity index (χ4n) is 9.58. The molecule has 0 radical (unpaired) electrons. The zero-order valence-electron chi connectivity index (χ0n) is 31.7. The van der Waals surface area contributed by atoms with Gasteiger partial charge in [0, 0.05) is 16.2 Å². The van der Waals surface area contributed by atoms with Crippen LogP contribution in [0.15, 0.2) is 115 Å². The Labute approximate surface area is 304 Å². The quantitative estimate of drug-likeness (QED) is 0.170. The SMILES string of the molecule is CC(C)(C)c1ccc(C=C(Cc2cc3c4c(c2)C(C)(C)c2cccc5c2N4c2c(cccc2C3(C)C)C5(C)C)c2cccc3ccccc23)cc1. The van der Waals surface area contributed by atoms with Crippen molar-refractivity contribution in [2.45, 2.75) is 90.4 Å². The van der Waals surface area contributed by atoms with Crippen LogP contribution in [0.5, 0.6) is 0 Å². The average Bonchev–Trinajstić information content (AvgIpc) is 3.10. The lowest BCUT2D eigenvalue weighted by Crippen LogP contribution is -2.43. The van der Waals surface area contributed by atoms with Gasteiger partial charge in [-0.1, -0.05) is 184 Å². The minimum absolute atomic E-state index is 0.0858. The second kappa shape index (κ2) is 10.6. The lowest BCUT2D eigenvalue weighted by molar-refractivity contribution is 0.565. The van der Waals surface area contributed by atoms with Gasteiger partial charge < -0.3 is 4.90 Å². The first-order valence-electron chi connectivity index (χ1n) is 18.7. The number of hydrogen-bond donors (Lipinski definition) is 0. The molecule has 0 saturated carbocycles. The zero-order valence-corrected chi connectivity index (χ0v) is 31.7. The van der Waals surface area contributed by atoms with E-state index >= 15 is 0 Å². The van der Waals surface area contributed by atoms with Crippen molar-refractivity contribution in [3.05, 3.63) is 171 Å². The van der Waals surface area contributed by atoms with E-state index in [1.165, 1.54) is 89.0 Å². The molecule has 0 atom stereocenters. The van der Waals surface area contributed by atoms with Crippen molar-refractivity contribution in [2.24, 2.45) is 0 Å². The van der Waals surface area contributed by atoms with Crippen LogP contribution in [0, 0.1) is 0 Å². The van der Waals surface area contributed by atoms with Crippen molar-refractivity contribution in [1.29, 1.82) is 0 Å². The van der Waals surface area contributed by atoms with E-state index in [-0.39, 0.29) is 21.7 Å². The van der Waals surface area contributed by atoms with Gasteiger partial charge in [0.1, 0.15) is 0 Å². The Hall–Kier alpha value is -4.88. The van der Waals surface area contributed by atoms with Crippen LogP contribution in [0.3, 0.4) is 0 Å². The normalized spacial score (nSPS) is 17.4. The smallest absolute Gasteiger partial charge is 0.0544 e. The lowest BCUT2D eigenvalue weighted by atomic mass is 9.60. The van der Waals surface area contributed by atoms with E-state index in [1.807, 2.05) is 0 Å². The molecule has 6 aromatic rings. The average molecular weight is 664 g/mol. The van der Waals surface area contributed by atoms with Crippen LogP contribution in [0.25, 0.3) is 22.4 Å². The van der Waals surface area contributed by atoms with Gasteiger partial charge in [-0.25, -0.2) is 0 Å². The van der Waals surface area contributed by atoms with Crippen LogP contribution < -0.4 is 4.90 Å². The largest absolute Gasteiger partial charge is 0.309 e. The van der Waals surface area contributed by atoms with Crippen molar-refractivity contribution in [2.75, 3.05) is 4.90 Å². The van der Waals surface area contributed by atoms with Gasteiger partial charge in [0.25, 0.3) is 0 Å². The fourth-order valence-corrected chi connectivity index (χ4v) is 9.58. The molecule has 0 amide bonds. The van der Waals surface area contributed by atoms with Crippen molar-refractivity contribution in [3.63, 3.8) is 0 Å². The molecular weight excluding hydrogens is 615 g/mol. The molecule has 0 N–H and O–H groups in total. The van der Waals surface area contributed by atoms with Crippen LogP contribution >= 0.6 is 0 Å². The Bertz CT molecular complexity index is 2350. The number of fused-ring (bicyclic) bond motifs is 1. The topological polar surface area (TPSA) is 3.24 Å². The molecule has 0 aromatic heterocycles. The first-order chi connectivity index (χ1) is 24.2. The highest BCUT2D eigenvalue weighted by Gasteiger charge is 2.51. The highest BCUT2D eigenvalue weighted by Crippen LogP contribution is 2.66. The molecule has 1 nitrogen and oxygen atoms in total. The number of benzene rings is 6. The molecule has 254 valence electrons. The Morgan fingerprint density at radius 1 is 0.549 bits per heavy atom. The van der Waals surface area contributed by atoms with Crippen LogP contribution in [0.2, 0.25) is 0 Å². The van der Waals surface area contributed by atoms with Crippen LogP contribution in [0.4, 0.5) is 17.1 Å². The predicted molar refractivity (Wildman–Crippen MR) is 218 cm³/mol. The maximum absolute atomic E-state index is 2.67. The summed E-state index contributed by atoms with van der Waals surface area (Å²) in [6.07, 6.45) is 3.28. The van der Waals surface area contributed by atoms with Gasteiger partial charge in [-0.15, -0.1) is 0 Å². The van der Waals surface area contributed by atoms with E-state index in [1.54, 1.807) is 0 Å². The third-order valence-corrected chi connectivity index (χ3v) is 12.6. The molecule has 3 heterocycles. The van der Waals surface area contributed by atoms with Gasteiger partial charge in [-0.05, 0) is 83.8 Å². The Morgan fingerprint density at radius 2 is 1.02 bits per heavy atom. The molecule has 3 aliphatic heterocycles. The summed E-state index contributed by atoms with van der Waals surface area (Å²) in [5.74, 6) is 0. The number of allylic oxidation sites excluding steroid dienone is 1. The van der Waals surface area contributed by atoms with Gasteiger partial charge in [-0.3, -0.25) is 0 Å². The number of rotatable bonds is 4. The molecule has 0 saturated heterocycles. The molecule has 0 bridgehead atoms. The van der Waals surface area contributed by atoms with E-state index in [4.69, 9.17) is 0 Å². The number of para-hydroxylation sites is 2. The van der Waals surface area contributed by atoms with Crippen molar-refractivity contribution in [1.82, 2.24) is 0 Å². The standard InChI is InChI=1S/C50H49N/c1-47(2,3)35-25-23-31(24-26-35)27-34(37-18-12-16-33-15-10-11-17-36(33)37)28-32-29-42-46-43(30-32)50(8,9)41-22-14-20-39-45(41)51(46)44-38(48(39,4)5)19-13-21-40(44)49(42,6)7/h10-27,29-30H,28H2,1-9H3. The van der Waals surface area contributed by atoms with Gasteiger partial charge in [-0.2, -0.15) is 0 Å². The Balaban J connectivity index is 1.28. The maximum atomic E-state index is 2.67. The van der Waals surface area contributed by atoms with Crippen LogP contribution in [0.1, 0.15) is 118 Å². The third-order valence-electron chi connectivity index (χ3n) is 12.6. The molecule has 1 heteroatoms. The highest BCUT2D eigenvalue weighted by molar-refractivity contribution is 6.00. The molecule has 0 unspecified atom stereocenters. The summed E-state index contributed by atoms with van der Waals surface area (Å²) in [6, 6.07) is 44.0. The van der Waals surface area contributed by atoms with Crippen molar-refractivity contribution < 1.29 is 0 Å². The van der Waals surface area contributed by atoms with E-state index in [9.17, 15) is 0 Å². The molecule has 0 spiro atoms. The molecule has 51 heavy (non-hydrogen) atoms. The van der Waals surface area contributed by atoms with Crippen molar-refractivity contribution >= 4 is 39.5 Å². The summed E-state index contributed by atoms with van der Waals surface area (Å²) in [7, 11) is 0. The summed E-state index contributed by atoms with van der Waals surface area (Å²) in [6.45, 7) is 21.5. The second-order valence-corrected chi connectivity index (χ2v) is 17.9. The minimum Gasteiger partial charge on any atom is -0.309 e. The van der Waals surface area contributed by atoms with Crippen LogP contribution in [-0.2, 0) is 28.1 Å². The molecule has 9 rings (SSSR count). The molecular formula is C50H49N. The third kappa shape index (κ3) is 4.53. The first-order valence-corrected chi connectivity index (χ1v) is 18.7. The summed E-state index contributed by atoms with van der Waals surface area (Å²) < 4.78 is 0. The number of anilines is 3. The second-order valence-electron chi connectivity index (χ2n) is 17.9. The van der Waals surface area contributed by atoms with Gasteiger partial charge in [0.05, 0.1) is 17.1 Å². The van der Waals surface area contributed by atoms with Gasteiger partial charge >= 0.3 is 0 Å². The molecule has 0 fully saturated rings. The number of nitrogens with zero attached hydrogens (tertiary/aromatic N) is 1. The van der Waals surface area contributed by atoms with E-state index in [0.717, 1.165) is 6.42 Å². The Morgan fingerprint density at radius 3 is 1.57 bits per heavy atom. The molecule has 0 aliphatic carbocycles. The lowest BCUT2D eigenvalue weighted by Gasteiger charge is -2.55. The fraction of sp³-hybridized carbons (Fsp3) is 0.280. The van der Waals surface area contributed by atoms with E-state index < -0.39 is 0 Å². The maximum Gasteiger partial charge on any atom is 0.0544 e. The molecule has 3 aliphatic rings.